The summed E-state index contributed by atoms with van der Waals surface area (Å²) < 4.78 is 0.448. The van der Waals surface area contributed by atoms with Crippen LogP contribution in [0.1, 0.15) is 63.0 Å². The summed E-state index contributed by atoms with van der Waals surface area (Å²) in [6.07, 6.45) is 14.1. The molecule has 26 heavy (non-hydrogen) atoms. The van der Waals surface area contributed by atoms with Crippen LogP contribution in [0, 0.1) is 17.8 Å². The highest BCUT2D eigenvalue weighted by molar-refractivity contribution is 8.01. The predicted octanol–water partition coefficient (Wildman–Crippen LogP) is 3.88. The van der Waals surface area contributed by atoms with Crippen molar-refractivity contribution in [1.82, 2.24) is 14.9 Å². The molecule has 0 atom stereocenters. The van der Waals surface area contributed by atoms with Crippen molar-refractivity contribution in [2.75, 3.05) is 18.8 Å². The molecule has 1 aliphatic heterocycles. The van der Waals surface area contributed by atoms with E-state index in [4.69, 9.17) is 0 Å². The minimum Gasteiger partial charge on any atom is -0.342 e. The zero-order chi connectivity index (χ0) is 17.6. The van der Waals surface area contributed by atoms with Gasteiger partial charge < -0.3 is 4.90 Å². The molecule has 1 saturated heterocycles. The minimum absolute atomic E-state index is 0.367. The van der Waals surface area contributed by atoms with Crippen LogP contribution in [0.5, 0.6) is 0 Å². The molecule has 1 amide bonds. The van der Waals surface area contributed by atoms with E-state index in [0.717, 1.165) is 49.4 Å². The molecule has 0 aromatic carbocycles. The number of hydrogen-bond acceptors (Lipinski definition) is 4. The SMILES string of the molecule is O=C(CSC12CC3CC(CC(C3)C1)C2)N1CCC(c2ccncn2)CC1. The van der Waals surface area contributed by atoms with Gasteiger partial charge in [0.25, 0.3) is 0 Å². The topological polar surface area (TPSA) is 46.1 Å². The van der Waals surface area contributed by atoms with Gasteiger partial charge in [-0.25, -0.2) is 9.97 Å². The molecule has 2 heterocycles. The van der Waals surface area contributed by atoms with Gasteiger partial charge in [-0.1, -0.05) is 0 Å². The average Bonchev–Trinajstić information content (AvgIpc) is 2.66. The molecule has 5 heteroatoms. The number of rotatable bonds is 4. The third kappa shape index (κ3) is 3.28. The lowest BCUT2D eigenvalue weighted by Gasteiger charge is -2.56. The largest absolute Gasteiger partial charge is 0.342 e. The fourth-order valence-electron chi connectivity index (χ4n) is 6.48. The van der Waals surface area contributed by atoms with Gasteiger partial charge in [-0.05, 0) is 75.2 Å². The Morgan fingerprint density at radius 3 is 2.35 bits per heavy atom. The lowest BCUT2D eigenvalue weighted by Crippen LogP contribution is -2.49. The van der Waals surface area contributed by atoms with Crippen LogP contribution in [0.4, 0.5) is 0 Å². The van der Waals surface area contributed by atoms with E-state index in [2.05, 4.69) is 14.9 Å². The first-order chi connectivity index (χ1) is 12.7. The Morgan fingerprint density at radius 2 is 1.77 bits per heavy atom. The van der Waals surface area contributed by atoms with Crippen LogP contribution in [-0.2, 0) is 4.79 Å². The van der Waals surface area contributed by atoms with Crippen molar-refractivity contribution in [1.29, 1.82) is 0 Å². The highest BCUT2D eigenvalue weighted by Gasteiger charge is 2.51. The molecule has 0 radical (unpaired) electrons. The molecule has 0 spiro atoms. The number of aromatic nitrogens is 2. The van der Waals surface area contributed by atoms with E-state index in [0.29, 0.717) is 22.3 Å². The monoisotopic (exact) mass is 371 g/mol. The molecule has 4 saturated carbocycles. The van der Waals surface area contributed by atoms with E-state index in [9.17, 15) is 4.79 Å². The Labute approximate surface area is 160 Å². The van der Waals surface area contributed by atoms with Crippen molar-refractivity contribution < 1.29 is 4.79 Å². The Balaban J connectivity index is 1.14. The fraction of sp³-hybridized carbons (Fsp3) is 0.762. The van der Waals surface area contributed by atoms with Crippen LogP contribution >= 0.6 is 11.8 Å². The summed E-state index contributed by atoms with van der Waals surface area (Å²) in [5, 5.41) is 0. The van der Waals surface area contributed by atoms with Gasteiger partial charge in [0.1, 0.15) is 6.33 Å². The second-order valence-electron chi connectivity index (χ2n) is 9.18. The molecule has 1 aromatic rings. The van der Waals surface area contributed by atoms with Gasteiger partial charge in [0, 0.05) is 35.6 Å². The molecular weight excluding hydrogens is 342 g/mol. The zero-order valence-electron chi connectivity index (χ0n) is 15.5. The van der Waals surface area contributed by atoms with Crippen LogP contribution in [0.25, 0.3) is 0 Å². The van der Waals surface area contributed by atoms with Crippen LogP contribution in [0.2, 0.25) is 0 Å². The van der Waals surface area contributed by atoms with Crippen LogP contribution < -0.4 is 0 Å². The van der Waals surface area contributed by atoms with E-state index in [1.165, 1.54) is 38.5 Å². The molecule has 0 N–H and O–H groups in total. The number of carbonyl (C=O) groups is 1. The number of hydrogen-bond donors (Lipinski definition) is 0. The van der Waals surface area contributed by atoms with Crippen molar-refractivity contribution in [2.45, 2.75) is 62.0 Å². The molecule has 140 valence electrons. The van der Waals surface area contributed by atoms with Crippen molar-refractivity contribution in [3.05, 3.63) is 24.3 Å². The summed E-state index contributed by atoms with van der Waals surface area (Å²) in [4.78, 5) is 23.3. The molecule has 5 aliphatic rings. The van der Waals surface area contributed by atoms with Gasteiger partial charge in [-0.2, -0.15) is 0 Å². The highest BCUT2D eigenvalue weighted by Crippen LogP contribution is 2.60. The van der Waals surface area contributed by atoms with Gasteiger partial charge in [0.05, 0.1) is 5.75 Å². The number of carbonyl (C=O) groups excluding carboxylic acids is 1. The molecule has 5 fully saturated rings. The first-order valence-electron chi connectivity index (χ1n) is 10.4. The van der Waals surface area contributed by atoms with Gasteiger partial charge in [0.2, 0.25) is 5.91 Å². The van der Waals surface area contributed by atoms with Gasteiger partial charge in [-0.3, -0.25) is 4.79 Å². The maximum atomic E-state index is 12.8. The Bertz CT molecular complexity index is 621. The van der Waals surface area contributed by atoms with Gasteiger partial charge in [0.15, 0.2) is 0 Å². The number of piperidine rings is 1. The Hall–Kier alpha value is -1.10. The van der Waals surface area contributed by atoms with Crippen LogP contribution in [0.15, 0.2) is 18.6 Å². The standard InChI is InChI=1S/C21H29N3OS/c25-20(24-5-2-18(3-6-24)19-1-4-22-14-23-19)13-26-21-10-15-7-16(11-21)9-17(8-15)12-21/h1,4,14-18H,2-3,5-13H2. The van der Waals surface area contributed by atoms with Crippen molar-refractivity contribution >= 4 is 17.7 Å². The van der Waals surface area contributed by atoms with E-state index in [1.54, 1.807) is 6.33 Å². The van der Waals surface area contributed by atoms with E-state index < -0.39 is 0 Å². The average molecular weight is 372 g/mol. The second-order valence-corrected chi connectivity index (χ2v) is 10.6. The lowest BCUT2D eigenvalue weighted by molar-refractivity contribution is -0.129. The highest BCUT2D eigenvalue weighted by atomic mass is 32.2. The van der Waals surface area contributed by atoms with Crippen molar-refractivity contribution in [3.63, 3.8) is 0 Å². The zero-order valence-corrected chi connectivity index (χ0v) is 16.3. The Morgan fingerprint density at radius 1 is 1.12 bits per heavy atom. The number of amides is 1. The summed E-state index contributed by atoms with van der Waals surface area (Å²) >= 11 is 2.02. The molecule has 4 aliphatic carbocycles. The third-order valence-corrected chi connectivity index (χ3v) is 8.86. The normalized spacial score (nSPS) is 36.5. The first-order valence-corrected chi connectivity index (χ1v) is 11.4. The molecule has 4 nitrogen and oxygen atoms in total. The van der Waals surface area contributed by atoms with Gasteiger partial charge >= 0.3 is 0 Å². The smallest absolute Gasteiger partial charge is 0.232 e. The number of likely N-dealkylation sites (tertiary alicyclic amines) is 1. The quantitative estimate of drug-likeness (QED) is 0.806. The first kappa shape index (κ1) is 17.0. The second kappa shape index (κ2) is 6.81. The number of nitrogens with zero attached hydrogens (tertiary/aromatic N) is 3. The maximum absolute atomic E-state index is 12.8. The summed E-state index contributed by atoms with van der Waals surface area (Å²) in [5.74, 6) is 4.45. The van der Waals surface area contributed by atoms with Crippen LogP contribution in [-0.4, -0.2) is 44.4 Å². The van der Waals surface area contributed by atoms with Gasteiger partial charge in [-0.15, -0.1) is 11.8 Å². The molecule has 4 bridgehead atoms. The predicted molar refractivity (Wildman–Crippen MR) is 104 cm³/mol. The van der Waals surface area contributed by atoms with E-state index >= 15 is 0 Å². The summed E-state index contributed by atoms with van der Waals surface area (Å²) in [6.45, 7) is 1.77. The van der Waals surface area contributed by atoms with Crippen molar-refractivity contribution in [3.8, 4) is 0 Å². The summed E-state index contributed by atoms with van der Waals surface area (Å²) in [5.41, 5.74) is 1.13. The minimum atomic E-state index is 0.367. The summed E-state index contributed by atoms with van der Waals surface area (Å²) in [6, 6.07) is 2.02. The molecular formula is C21H29N3OS. The third-order valence-electron chi connectivity index (χ3n) is 7.35. The summed E-state index contributed by atoms with van der Waals surface area (Å²) in [7, 11) is 0. The van der Waals surface area contributed by atoms with E-state index in [-0.39, 0.29) is 0 Å². The van der Waals surface area contributed by atoms with Crippen LogP contribution in [0.3, 0.4) is 0 Å². The Kier molecular flexibility index (Phi) is 4.46. The van der Waals surface area contributed by atoms with E-state index in [1.807, 2.05) is 24.0 Å². The lowest BCUT2D eigenvalue weighted by atomic mass is 9.56. The molecule has 1 aromatic heterocycles. The fourth-order valence-corrected chi connectivity index (χ4v) is 8.15. The maximum Gasteiger partial charge on any atom is 0.232 e. The molecule has 0 unspecified atom stereocenters. The molecule has 6 rings (SSSR count). The number of thioether (sulfide) groups is 1. The van der Waals surface area contributed by atoms with Crippen molar-refractivity contribution in [2.24, 2.45) is 17.8 Å².